The van der Waals surface area contributed by atoms with Crippen molar-refractivity contribution in [2.75, 3.05) is 19.8 Å². The third kappa shape index (κ3) is 4.50. The molecule has 8 nitrogen and oxygen atoms in total. The first-order chi connectivity index (χ1) is 14.8. The van der Waals surface area contributed by atoms with Crippen LogP contribution in [0.1, 0.15) is 54.0 Å². The van der Waals surface area contributed by atoms with E-state index < -0.39 is 0 Å². The number of aliphatic hydroxyl groups is 1. The maximum Gasteiger partial charge on any atom is 0.221 e. The highest BCUT2D eigenvalue weighted by Gasteiger charge is 2.29. The minimum atomic E-state index is -0.0930. The van der Waals surface area contributed by atoms with Crippen LogP contribution < -0.4 is 4.74 Å². The highest BCUT2D eigenvalue weighted by atomic mass is 16.5. The van der Waals surface area contributed by atoms with E-state index in [1.807, 2.05) is 38.6 Å². The van der Waals surface area contributed by atoms with Gasteiger partial charge in [0.1, 0.15) is 6.61 Å². The average Bonchev–Trinajstić information content (AvgIpc) is 3.41. The first-order valence-electron chi connectivity index (χ1n) is 10.7. The zero-order chi connectivity index (χ0) is 22.7. The highest BCUT2D eigenvalue weighted by Crippen LogP contribution is 2.28. The first-order valence-corrected chi connectivity index (χ1v) is 10.7. The Bertz CT molecular complexity index is 973. The normalized spacial score (nSPS) is 17.6. The molecule has 2 N–H and O–H groups in total. The zero-order valence-corrected chi connectivity index (χ0v) is 19.1. The lowest BCUT2D eigenvalue weighted by molar-refractivity contribution is 0.153. The summed E-state index contributed by atoms with van der Waals surface area (Å²) in [6.45, 7) is 15.8. The molecule has 1 fully saturated rings. The molecule has 0 amide bonds. The first kappa shape index (κ1) is 23.0. The van der Waals surface area contributed by atoms with Gasteiger partial charge in [-0.25, -0.2) is 4.68 Å². The van der Waals surface area contributed by atoms with Crippen LogP contribution in [0.25, 0.3) is 6.08 Å². The standard InChI is InChI=1S/C23H34N6O2/c1-7-19-16(4)26-29(15(3)13-30)21(19)12-28-11-9-10-18(28)14-31-23-22(20(24)8-2)17(5)25-27(23)6/h7-8,15,18,24,30H,1-2,9-14H2,3-6H3. The fourth-order valence-corrected chi connectivity index (χ4v) is 4.35. The summed E-state index contributed by atoms with van der Waals surface area (Å²) in [5, 5.41) is 26.9. The predicted octanol–water partition coefficient (Wildman–Crippen LogP) is 3.03. The fraction of sp³-hybridized carbons (Fsp3) is 0.522. The quantitative estimate of drug-likeness (QED) is 0.570. The van der Waals surface area contributed by atoms with Crippen LogP contribution in [0, 0.1) is 19.3 Å². The van der Waals surface area contributed by atoms with Crippen LogP contribution in [0.4, 0.5) is 0 Å². The number of aryl methyl sites for hydroxylation is 3. The number of ether oxygens (including phenoxy) is 1. The van der Waals surface area contributed by atoms with E-state index >= 15 is 0 Å². The topological polar surface area (TPSA) is 92.2 Å². The number of likely N-dealkylation sites (tertiary alicyclic amines) is 1. The van der Waals surface area contributed by atoms with Crippen LogP contribution in [0.15, 0.2) is 19.2 Å². The van der Waals surface area contributed by atoms with Gasteiger partial charge >= 0.3 is 0 Å². The van der Waals surface area contributed by atoms with Crippen LogP contribution in [-0.4, -0.2) is 61.1 Å². The maximum atomic E-state index is 9.67. The van der Waals surface area contributed by atoms with Gasteiger partial charge in [0, 0.05) is 25.2 Å². The second-order valence-electron chi connectivity index (χ2n) is 8.21. The van der Waals surface area contributed by atoms with Gasteiger partial charge in [-0.05, 0) is 46.2 Å². The van der Waals surface area contributed by atoms with E-state index in [1.54, 1.807) is 4.68 Å². The summed E-state index contributed by atoms with van der Waals surface area (Å²) < 4.78 is 9.83. The lowest BCUT2D eigenvalue weighted by Gasteiger charge is -2.26. The predicted molar refractivity (Wildman–Crippen MR) is 123 cm³/mol. The van der Waals surface area contributed by atoms with Crippen molar-refractivity contribution >= 4 is 11.8 Å². The fourth-order valence-electron chi connectivity index (χ4n) is 4.35. The van der Waals surface area contributed by atoms with E-state index in [4.69, 9.17) is 10.1 Å². The SMILES string of the molecule is C=CC(=N)c1c(C)nn(C)c1OCC1CCCN1Cc1c(C=C)c(C)nn1C(C)CO. The molecule has 0 spiro atoms. The van der Waals surface area contributed by atoms with E-state index in [0.29, 0.717) is 23.8 Å². The molecule has 2 aromatic rings. The van der Waals surface area contributed by atoms with Crippen LogP contribution >= 0.6 is 0 Å². The van der Waals surface area contributed by atoms with Crippen molar-refractivity contribution in [1.29, 1.82) is 5.41 Å². The van der Waals surface area contributed by atoms with Crippen LogP contribution in [0.2, 0.25) is 0 Å². The van der Waals surface area contributed by atoms with Crippen LogP contribution in [0.3, 0.4) is 0 Å². The van der Waals surface area contributed by atoms with E-state index in [-0.39, 0.29) is 18.7 Å². The van der Waals surface area contributed by atoms with Crippen molar-refractivity contribution in [3.05, 3.63) is 47.4 Å². The molecule has 0 aromatic carbocycles. The smallest absolute Gasteiger partial charge is 0.221 e. The summed E-state index contributed by atoms with van der Waals surface area (Å²) in [4.78, 5) is 2.41. The van der Waals surface area contributed by atoms with Crippen molar-refractivity contribution in [3.63, 3.8) is 0 Å². The van der Waals surface area contributed by atoms with Crippen molar-refractivity contribution < 1.29 is 9.84 Å². The van der Waals surface area contributed by atoms with Gasteiger partial charge in [-0.2, -0.15) is 10.2 Å². The molecule has 8 heteroatoms. The number of hydrogen-bond acceptors (Lipinski definition) is 6. The number of allylic oxidation sites excluding steroid dienone is 1. The molecule has 1 saturated heterocycles. The van der Waals surface area contributed by atoms with Gasteiger partial charge < -0.3 is 15.3 Å². The summed E-state index contributed by atoms with van der Waals surface area (Å²) in [6, 6.07) is 0.149. The third-order valence-corrected chi connectivity index (χ3v) is 6.03. The molecule has 2 aromatic heterocycles. The largest absolute Gasteiger partial charge is 0.476 e. The van der Waals surface area contributed by atoms with Gasteiger partial charge in [0.15, 0.2) is 0 Å². The Morgan fingerprint density at radius 3 is 2.71 bits per heavy atom. The van der Waals surface area contributed by atoms with Crippen molar-refractivity contribution in [3.8, 4) is 5.88 Å². The molecule has 0 saturated carbocycles. The number of nitrogens with one attached hydrogen (secondary N) is 1. The zero-order valence-electron chi connectivity index (χ0n) is 19.1. The monoisotopic (exact) mass is 426 g/mol. The Labute approximate surface area is 184 Å². The molecule has 168 valence electrons. The van der Waals surface area contributed by atoms with Crippen molar-refractivity contribution in [1.82, 2.24) is 24.5 Å². The van der Waals surface area contributed by atoms with Crippen molar-refractivity contribution in [2.24, 2.45) is 7.05 Å². The minimum Gasteiger partial charge on any atom is -0.476 e. The molecule has 3 heterocycles. The molecule has 2 atom stereocenters. The Morgan fingerprint density at radius 1 is 1.32 bits per heavy atom. The van der Waals surface area contributed by atoms with Crippen LogP contribution in [-0.2, 0) is 13.6 Å². The second-order valence-corrected chi connectivity index (χ2v) is 8.21. The van der Waals surface area contributed by atoms with Gasteiger partial charge in [-0.15, -0.1) is 0 Å². The van der Waals surface area contributed by atoms with Gasteiger partial charge in [-0.3, -0.25) is 9.58 Å². The molecule has 2 unspecified atom stereocenters. The number of hydrogen-bond donors (Lipinski definition) is 2. The average molecular weight is 427 g/mol. The van der Waals surface area contributed by atoms with E-state index in [0.717, 1.165) is 48.6 Å². The van der Waals surface area contributed by atoms with E-state index in [2.05, 4.69) is 28.3 Å². The molecule has 0 aliphatic carbocycles. The van der Waals surface area contributed by atoms with Gasteiger partial charge in [-0.1, -0.05) is 19.2 Å². The molecular weight excluding hydrogens is 392 g/mol. The molecule has 1 aliphatic rings. The molecule has 0 radical (unpaired) electrons. The number of aromatic nitrogens is 4. The Hall–Kier alpha value is -2.71. The molecule has 3 rings (SSSR count). The summed E-state index contributed by atoms with van der Waals surface area (Å²) in [7, 11) is 1.84. The molecular formula is C23H34N6O2. The summed E-state index contributed by atoms with van der Waals surface area (Å²) in [5.74, 6) is 0.607. The van der Waals surface area contributed by atoms with Crippen LogP contribution in [0.5, 0.6) is 5.88 Å². The number of rotatable bonds is 10. The van der Waals surface area contributed by atoms with E-state index in [9.17, 15) is 5.11 Å². The Morgan fingerprint density at radius 2 is 2.06 bits per heavy atom. The minimum absolute atomic E-state index is 0.0368. The lowest BCUT2D eigenvalue weighted by atomic mass is 10.1. The highest BCUT2D eigenvalue weighted by molar-refractivity contribution is 6.08. The maximum absolute atomic E-state index is 9.67. The summed E-state index contributed by atoms with van der Waals surface area (Å²) in [6.07, 6.45) is 5.50. The number of nitrogens with zero attached hydrogens (tertiary/aromatic N) is 5. The third-order valence-electron chi connectivity index (χ3n) is 6.03. The summed E-state index contributed by atoms with van der Waals surface area (Å²) in [5.41, 5.74) is 4.81. The van der Waals surface area contributed by atoms with Gasteiger partial charge in [0.25, 0.3) is 0 Å². The van der Waals surface area contributed by atoms with Gasteiger partial charge in [0.05, 0.1) is 41.0 Å². The Balaban J connectivity index is 1.79. The Kier molecular flexibility index (Phi) is 7.12. The van der Waals surface area contributed by atoms with Crippen molar-refractivity contribution in [2.45, 2.75) is 52.2 Å². The molecule has 31 heavy (non-hydrogen) atoms. The summed E-state index contributed by atoms with van der Waals surface area (Å²) >= 11 is 0. The molecule has 0 bridgehead atoms. The van der Waals surface area contributed by atoms with Gasteiger partial charge in [0.2, 0.25) is 5.88 Å². The lowest BCUT2D eigenvalue weighted by Crippen LogP contribution is -2.35. The van der Waals surface area contributed by atoms with E-state index in [1.165, 1.54) is 6.08 Å². The number of aliphatic hydroxyl groups excluding tert-OH is 1. The second kappa shape index (κ2) is 9.62. The molecule has 1 aliphatic heterocycles.